The van der Waals surface area contributed by atoms with Gasteiger partial charge in [-0.3, -0.25) is 19.5 Å². The summed E-state index contributed by atoms with van der Waals surface area (Å²) in [6.07, 6.45) is 4.65. The Labute approximate surface area is 251 Å². The third-order valence-corrected chi connectivity index (χ3v) is 8.34. The van der Waals surface area contributed by atoms with E-state index in [1.165, 1.54) is 0 Å². The van der Waals surface area contributed by atoms with E-state index in [2.05, 4.69) is 49.4 Å². The van der Waals surface area contributed by atoms with E-state index >= 15 is 0 Å². The van der Waals surface area contributed by atoms with Gasteiger partial charge in [-0.25, -0.2) is 5.48 Å². The van der Waals surface area contributed by atoms with Crippen LogP contribution < -0.4 is 15.5 Å². The molecule has 0 aliphatic heterocycles. The molecular weight excluding hydrogens is 556 g/mol. The van der Waals surface area contributed by atoms with Gasteiger partial charge in [-0.2, -0.15) is 5.26 Å². The summed E-state index contributed by atoms with van der Waals surface area (Å²) in [4.78, 5) is 24.1. The summed E-state index contributed by atoms with van der Waals surface area (Å²) < 4.78 is 8.09. The molecule has 1 aromatic heterocycles. The van der Waals surface area contributed by atoms with E-state index in [9.17, 15) is 9.59 Å². The van der Waals surface area contributed by atoms with Crippen LogP contribution in [0.5, 0.6) is 5.75 Å². The van der Waals surface area contributed by atoms with Crippen molar-refractivity contribution in [2.24, 2.45) is 10.8 Å². The van der Waals surface area contributed by atoms with Gasteiger partial charge in [0.25, 0.3) is 0 Å². The van der Waals surface area contributed by atoms with E-state index in [0.717, 1.165) is 29.7 Å². The van der Waals surface area contributed by atoms with Gasteiger partial charge in [-0.05, 0) is 30.5 Å². The molecule has 11 heteroatoms. The number of rotatable bonds is 12. The predicted octanol–water partition coefficient (Wildman–Crippen LogP) is 5.08. The number of aromatic nitrogens is 3. The molecule has 0 atom stereocenters. The molecule has 2 aromatic carbocycles. The van der Waals surface area contributed by atoms with Crippen molar-refractivity contribution in [2.45, 2.75) is 78.5 Å². The summed E-state index contributed by atoms with van der Waals surface area (Å²) >= 11 is 6.19. The van der Waals surface area contributed by atoms with Crippen LogP contribution in [0.4, 0.5) is 0 Å². The maximum absolute atomic E-state index is 13.1. The highest BCUT2D eigenvalue weighted by Gasteiger charge is 2.64. The minimum Gasteiger partial charge on any atom is -0.489 e. The number of unbranched alkanes of at least 4 members (excludes halogenated alkanes) is 2. The summed E-state index contributed by atoms with van der Waals surface area (Å²) in [7, 11) is 0. The van der Waals surface area contributed by atoms with Crippen molar-refractivity contribution in [2.75, 3.05) is 0 Å². The smallest absolute Gasteiger partial charge is 0.243 e. The Morgan fingerprint density at radius 2 is 1.79 bits per heavy atom. The SMILES string of the molecule is CC1(C)C(NC(=O)Cc2ccc(-c3cn(CCCCCC(=O)NO)nn3)cc2)C(C)(C)C1Oc1ccc(C#N)c(Cl)c1. The Hall–Kier alpha value is -3.94. The topological polar surface area (TPSA) is 142 Å². The van der Waals surface area contributed by atoms with Gasteiger partial charge in [0, 0.05) is 41.5 Å². The van der Waals surface area contributed by atoms with Gasteiger partial charge in [-0.1, -0.05) is 75.2 Å². The van der Waals surface area contributed by atoms with Crippen LogP contribution >= 0.6 is 11.6 Å². The molecule has 0 unspecified atom stereocenters. The van der Waals surface area contributed by atoms with Gasteiger partial charge >= 0.3 is 0 Å². The second-order valence-corrected chi connectivity index (χ2v) is 12.4. The third-order valence-electron chi connectivity index (χ3n) is 8.03. The highest BCUT2D eigenvalue weighted by atomic mass is 35.5. The summed E-state index contributed by atoms with van der Waals surface area (Å²) in [5, 5.41) is 29.7. The Morgan fingerprint density at radius 1 is 1.07 bits per heavy atom. The Balaban J connectivity index is 1.29. The Bertz CT molecular complexity index is 1440. The summed E-state index contributed by atoms with van der Waals surface area (Å²) in [5.41, 5.74) is 3.93. The fourth-order valence-electron chi connectivity index (χ4n) is 6.12. The molecule has 4 rings (SSSR count). The second kappa shape index (κ2) is 12.9. The average molecular weight is 593 g/mol. The molecular formula is C31H37ClN6O4. The van der Waals surface area contributed by atoms with Crippen molar-refractivity contribution < 1.29 is 19.5 Å². The second-order valence-electron chi connectivity index (χ2n) is 12.0. The predicted molar refractivity (Wildman–Crippen MR) is 158 cm³/mol. The number of hydrogen-bond acceptors (Lipinski definition) is 7. The number of amides is 2. The number of halogens is 1. The number of nitrogens with one attached hydrogen (secondary N) is 2. The maximum Gasteiger partial charge on any atom is 0.243 e. The molecule has 222 valence electrons. The molecule has 1 fully saturated rings. The van der Waals surface area contributed by atoms with Crippen molar-refractivity contribution >= 4 is 23.4 Å². The lowest BCUT2D eigenvalue weighted by atomic mass is 9.49. The molecule has 1 saturated carbocycles. The van der Waals surface area contributed by atoms with E-state index in [-0.39, 0.29) is 41.2 Å². The number of benzene rings is 2. The first-order valence-electron chi connectivity index (χ1n) is 14.0. The number of carbonyl (C=O) groups is 2. The molecule has 0 saturated heterocycles. The van der Waals surface area contributed by atoms with E-state index in [4.69, 9.17) is 26.8 Å². The van der Waals surface area contributed by atoms with Crippen molar-refractivity contribution in [3.8, 4) is 23.1 Å². The van der Waals surface area contributed by atoms with Gasteiger partial charge in [-0.15, -0.1) is 5.10 Å². The molecule has 3 aromatic rings. The minimum atomic E-state index is -0.375. The van der Waals surface area contributed by atoms with Crippen LogP contribution in [0.1, 0.15) is 64.5 Å². The molecule has 2 amide bonds. The first-order chi connectivity index (χ1) is 19.9. The van der Waals surface area contributed by atoms with Crippen LogP contribution in [0, 0.1) is 22.2 Å². The molecule has 0 radical (unpaired) electrons. The van der Waals surface area contributed by atoms with Crippen LogP contribution in [-0.2, 0) is 22.6 Å². The van der Waals surface area contributed by atoms with Gasteiger partial charge < -0.3 is 10.1 Å². The number of hydroxylamine groups is 1. The first kappa shape index (κ1) is 31.0. The molecule has 0 spiro atoms. The number of nitrogens with zero attached hydrogens (tertiary/aromatic N) is 4. The number of aryl methyl sites for hydroxylation is 1. The number of hydrogen-bond donors (Lipinski definition) is 3. The lowest BCUT2D eigenvalue weighted by molar-refractivity contribution is -0.173. The summed E-state index contributed by atoms with van der Waals surface area (Å²) in [5.74, 6) is 0.163. The van der Waals surface area contributed by atoms with Crippen molar-refractivity contribution in [3.63, 3.8) is 0 Å². The number of nitriles is 1. The average Bonchev–Trinajstić information content (AvgIpc) is 3.43. The molecule has 1 heterocycles. The first-order valence-corrected chi connectivity index (χ1v) is 14.4. The highest BCUT2D eigenvalue weighted by molar-refractivity contribution is 6.31. The number of ether oxygens (including phenoxy) is 1. The number of carbonyl (C=O) groups excluding carboxylic acids is 2. The Morgan fingerprint density at radius 3 is 2.43 bits per heavy atom. The fourth-order valence-corrected chi connectivity index (χ4v) is 6.33. The lowest BCUT2D eigenvalue weighted by Gasteiger charge is -2.63. The van der Waals surface area contributed by atoms with Crippen LogP contribution in [-0.4, -0.2) is 44.2 Å². The fraction of sp³-hybridized carbons (Fsp3) is 0.452. The monoisotopic (exact) mass is 592 g/mol. The van der Waals surface area contributed by atoms with Gasteiger partial charge in [0.2, 0.25) is 11.8 Å². The zero-order valence-corrected chi connectivity index (χ0v) is 25.1. The summed E-state index contributed by atoms with van der Waals surface area (Å²) in [6, 6.07) is 14.7. The van der Waals surface area contributed by atoms with E-state index < -0.39 is 0 Å². The third kappa shape index (κ3) is 6.92. The van der Waals surface area contributed by atoms with E-state index in [0.29, 0.717) is 35.7 Å². The lowest BCUT2D eigenvalue weighted by Crippen LogP contribution is -2.74. The molecule has 10 nitrogen and oxygen atoms in total. The van der Waals surface area contributed by atoms with Crippen molar-refractivity contribution in [1.82, 2.24) is 25.8 Å². The largest absolute Gasteiger partial charge is 0.489 e. The zero-order chi connectivity index (χ0) is 30.5. The molecule has 3 N–H and O–H groups in total. The van der Waals surface area contributed by atoms with Gasteiger partial charge in [0.05, 0.1) is 23.2 Å². The summed E-state index contributed by atoms with van der Waals surface area (Å²) in [6.45, 7) is 9.01. The molecule has 1 aliphatic carbocycles. The maximum atomic E-state index is 13.1. The molecule has 42 heavy (non-hydrogen) atoms. The van der Waals surface area contributed by atoms with Crippen LogP contribution in [0.2, 0.25) is 5.02 Å². The normalized spacial score (nSPS) is 18.4. The van der Waals surface area contributed by atoms with Crippen LogP contribution in [0.25, 0.3) is 11.3 Å². The van der Waals surface area contributed by atoms with Crippen molar-refractivity contribution in [3.05, 3.63) is 64.8 Å². The van der Waals surface area contributed by atoms with Crippen LogP contribution in [0.15, 0.2) is 48.7 Å². The highest BCUT2D eigenvalue weighted by Crippen LogP contribution is 2.55. The van der Waals surface area contributed by atoms with Gasteiger partial charge in [0.15, 0.2) is 0 Å². The van der Waals surface area contributed by atoms with Crippen LogP contribution in [0.3, 0.4) is 0 Å². The minimum absolute atomic E-state index is 0.0591. The Kier molecular flexibility index (Phi) is 9.54. The quantitative estimate of drug-likeness (QED) is 0.151. The van der Waals surface area contributed by atoms with E-state index in [1.54, 1.807) is 28.4 Å². The standard InChI is InChI=1S/C31H37ClN6O4/c1-30(2)28(31(3,4)29(30)42-23-14-13-22(18-33)24(32)17-23)34-27(40)16-20-9-11-21(12-10-20)25-19-38(37-35-25)15-7-5-6-8-26(39)36-41/h9-14,17,19,28-29,41H,5-8,15-16H2,1-4H3,(H,34,40)(H,36,39). The zero-order valence-electron chi connectivity index (χ0n) is 24.4. The van der Waals surface area contributed by atoms with Crippen molar-refractivity contribution in [1.29, 1.82) is 5.26 Å². The van der Waals surface area contributed by atoms with Gasteiger partial charge in [0.1, 0.15) is 23.6 Å². The molecule has 0 bridgehead atoms. The van der Waals surface area contributed by atoms with E-state index in [1.807, 2.05) is 30.5 Å². The molecule has 1 aliphatic rings.